The van der Waals surface area contributed by atoms with Crippen molar-refractivity contribution in [3.63, 3.8) is 0 Å². The zero-order valence-electron chi connectivity index (χ0n) is 13.1. The van der Waals surface area contributed by atoms with Crippen LogP contribution in [0.2, 0.25) is 0 Å². The van der Waals surface area contributed by atoms with Gasteiger partial charge in [0, 0.05) is 0 Å². The number of allylic oxidation sites excluding steroid dienone is 3. The summed E-state index contributed by atoms with van der Waals surface area (Å²) in [6.45, 7) is 8.00. The molecule has 0 heterocycles. The fourth-order valence-electron chi connectivity index (χ4n) is 2.25. The van der Waals surface area contributed by atoms with Crippen molar-refractivity contribution in [3.8, 4) is 5.75 Å². The number of ether oxygens (including phenoxy) is 1. The van der Waals surface area contributed by atoms with Crippen molar-refractivity contribution in [2.75, 3.05) is 6.61 Å². The minimum absolute atomic E-state index is 0.0481. The Morgan fingerprint density at radius 3 is 2.82 bits per heavy atom. The van der Waals surface area contributed by atoms with E-state index in [4.69, 9.17) is 4.74 Å². The maximum Gasteiger partial charge on any atom is 0.277 e. The van der Waals surface area contributed by atoms with Crippen LogP contribution in [0, 0.1) is 5.92 Å². The lowest BCUT2D eigenvalue weighted by Crippen LogP contribution is -2.27. The molecule has 1 aromatic rings. The molecule has 0 aromatic heterocycles. The van der Waals surface area contributed by atoms with Crippen molar-refractivity contribution in [2.24, 2.45) is 11.0 Å². The molecule has 0 fully saturated rings. The second kappa shape index (κ2) is 7.59. The highest BCUT2D eigenvalue weighted by Gasteiger charge is 2.18. The highest BCUT2D eigenvalue weighted by Crippen LogP contribution is 2.26. The number of para-hydroxylation sites is 1. The summed E-state index contributed by atoms with van der Waals surface area (Å²) in [6.07, 6.45) is 3.96. The standard InChI is InChI=1S/C18H22N2O2/c1-13(2)15-10-9-14(3)17(11-15)19-20-18(21)12-22-16-7-5-4-6-8-16/h4-9,15H,1,10-12H2,2-3H3,(H,20,21)/t15-/m0/s1. The maximum absolute atomic E-state index is 11.8. The first-order valence-electron chi connectivity index (χ1n) is 7.42. The molecule has 1 aliphatic carbocycles. The first kappa shape index (κ1) is 16.0. The number of nitrogens with zero attached hydrogens (tertiary/aromatic N) is 1. The van der Waals surface area contributed by atoms with Crippen LogP contribution in [0.4, 0.5) is 0 Å². The second-order valence-corrected chi connectivity index (χ2v) is 5.57. The van der Waals surface area contributed by atoms with Crippen LogP contribution in [0.5, 0.6) is 5.75 Å². The van der Waals surface area contributed by atoms with Gasteiger partial charge in [-0.25, -0.2) is 5.43 Å². The maximum atomic E-state index is 11.8. The Hall–Kier alpha value is -2.36. The van der Waals surface area contributed by atoms with Crippen LogP contribution >= 0.6 is 0 Å². The lowest BCUT2D eigenvalue weighted by molar-refractivity contribution is -0.123. The molecule has 4 nitrogen and oxygen atoms in total. The molecule has 0 bridgehead atoms. The van der Waals surface area contributed by atoms with Gasteiger partial charge in [0.25, 0.3) is 5.91 Å². The van der Waals surface area contributed by atoms with Gasteiger partial charge < -0.3 is 4.74 Å². The van der Waals surface area contributed by atoms with E-state index in [1.165, 1.54) is 0 Å². The number of nitrogens with one attached hydrogen (secondary N) is 1. The zero-order valence-corrected chi connectivity index (χ0v) is 13.1. The van der Waals surface area contributed by atoms with Crippen molar-refractivity contribution in [3.05, 3.63) is 54.1 Å². The third-order valence-electron chi connectivity index (χ3n) is 3.73. The van der Waals surface area contributed by atoms with Gasteiger partial charge in [-0.05, 0) is 50.3 Å². The van der Waals surface area contributed by atoms with Crippen LogP contribution in [0.25, 0.3) is 0 Å². The molecule has 0 aliphatic heterocycles. The summed E-state index contributed by atoms with van der Waals surface area (Å²) in [4.78, 5) is 11.8. The third kappa shape index (κ3) is 4.58. The van der Waals surface area contributed by atoms with Crippen molar-refractivity contribution >= 4 is 11.6 Å². The summed E-state index contributed by atoms with van der Waals surface area (Å²) in [5.74, 6) is 0.808. The van der Waals surface area contributed by atoms with E-state index in [-0.39, 0.29) is 12.5 Å². The SMILES string of the molecule is C=C(C)[C@H]1CC=C(C)C(=NNC(=O)COc2ccccc2)C1. The van der Waals surface area contributed by atoms with Gasteiger partial charge in [-0.2, -0.15) is 5.10 Å². The quantitative estimate of drug-likeness (QED) is 0.668. The van der Waals surface area contributed by atoms with E-state index in [9.17, 15) is 4.79 Å². The lowest BCUT2D eigenvalue weighted by Gasteiger charge is -2.22. The van der Waals surface area contributed by atoms with Gasteiger partial charge in [0.1, 0.15) is 5.75 Å². The van der Waals surface area contributed by atoms with Gasteiger partial charge >= 0.3 is 0 Å². The predicted octanol–water partition coefficient (Wildman–Crippen LogP) is 3.47. The number of rotatable bonds is 5. The molecular formula is C18H22N2O2. The Morgan fingerprint density at radius 2 is 2.14 bits per heavy atom. The number of amides is 1. The van der Waals surface area contributed by atoms with E-state index < -0.39 is 0 Å². The summed E-state index contributed by atoms with van der Waals surface area (Å²) in [5, 5.41) is 4.24. The molecule has 1 aliphatic rings. The summed E-state index contributed by atoms with van der Waals surface area (Å²) < 4.78 is 5.38. The smallest absolute Gasteiger partial charge is 0.277 e. The number of hydrogen-bond donors (Lipinski definition) is 1. The molecule has 1 aromatic carbocycles. The molecule has 116 valence electrons. The van der Waals surface area contributed by atoms with Crippen molar-refractivity contribution in [1.29, 1.82) is 0 Å². The van der Waals surface area contributed by atoms with Crippen LogP contribution in [0.1, 0.15) is 26.7 Å². The van der Waals surface area contributed by atoms with Gasteiger partial charge in [0.05, 0.1) is 5.71 Å². The highest BCUT2D eigenvalue weighted by atomic mass is 16.5. The van der Waals surface area contributed by atoms with Gasteiger partial charge in [-0.15, -0.1) is 0 Å². The van der Waals surface area contributed by atoms with E-state index in [0.717, 1.165) is 29.7 Å². The molecule has 0 saturated carbocycles. The van der Waals surface area contributed by atoms with Crippen LogP contribution in [0.3, 0.4) is 0 Å². The Bertz CT molecular complexity index is 603. The molecule has 0 spiro atoms. The van der Waals surface area contributed by atoms with Crippen LogP contribution < -0.4 is 10.2 Å². The van der Waals surface area contributed by atoms with E-state index >= 15 is 0 Å². The van der Waals surface area contributed by atoms with Crippen molar-refractivity contribution in [2.45, 2.75) is 26.7 Å². The van der Waals surface area contributed by atoms with Gasteiger partial charge in [-0.1, -0.05) is 36.4 Å². The average Bonchev–Trinajstić information content (AvgIpc) is 2.53. The lowest BCUT2D eigenvalue weighted by atomic mass is 9.85. The first-order chi connectivity index (χ1) is 10.6. The fraction of sp³-hybridized carbons (Fsp3) is 0.333. The van der Waals surface area contributed by atoms with Gasteiger partial charge in [0.2, 0.25) is 0 Å². The fourth-order valence-corrected chi connectivity index (χ4v) is 2.25. The summed E-state index contributed by atoms with van der Waals surface area (Å²) in [7, 11) is 0. The molecule has 1 amide bonds. The summed E-state index contributed by atoms with van der Waals surface area (Å²) in [5.41, 5.74) is 5.74. The molecule has 2 rings (SSSR count). The van der Waals surface area contributed by atoms with E-state index in [2.05, 4.69) is 23.2 Å². The number of carbonyl (C=O) groups is 1. The Kier molecular flexibility index (Phi) is 5.53. The minimum atomic E-state index is -0.262. The summed E-state index contributed by atoms with van der Waals surface area (Å²) >= 11 is 0. The Morgan fingerprint density at radius 1 is 1.41 bits per heavy atom. The molecular weight excluding hydrogens is 276 g/mol. The van der Waals surface area contributed by atoms with E-state index in [1.54, 1.807) is 0 Å². The molecule has 4 heteroatoms. The monoisotopic (exact) mass is 298 g/mol. The van der Waals surface area contributed by atoms with Crippen molar-refractivity contribution in [1.82, 2.24) is 5.43 Å². The second-order valence-electron chi connectivity index (χ2n) is 5.57. The molecule has 0 radical (unpaired) electrons. The van der Waals surface area contributed by atoms with E-state index in [1.807, 2.05) is 44.2 Å². The minimum Gasteiger partial charge on any atom is -0.484 e. The first-order valence-corrected chi connectivity index (χ1v) is 7.42. The van der Waals surface area contributed by atoms with Crippen LogP contribution in [-0.2, 0) is 4.79 Å². The summed E-state index contributed by atoms with van der Waals surface area (Å²) in [6, 6.07) is 9.24. The van der Waals surface area contributed by atoms with Crippen molar-refractivity contribution < 1.29 is 9.53 Å². The molecule has 1 atom stereocenters. The predicted molar refractivity (Wildman–Crippen MR) is 88.8 cm³/mol. The van der Waals surface area contributed by atoms with Gasteiger partial charge in [0.15, 0.2) is 6.61 Å². The van der Waals surface area contributed by atoms with Crippen LogP contribution in [0.15, 0.2) is 59.2 Å². The molecule has 0 unspecified atom stereocenters. The normalized spacial score (nSPS) is 19.5. The molecule has 1 N–H and O–H groups in total. The van der Waals surface area contributed by atoms with E-state index in [0.29, 0.717) is 11.7 Å². The largest absolute Gasteiger partial charge is 0.484 e. The van der Waals surface area contributed by atoms with Crippen LogP contribution in [-0.4, -0.2) is 18.2 Å². The van der Waals surface area contributed by atoms with Gasteiger partial charge in [-0.3, -0.25) is 4.79 Å². The number of carbonyl (C=O) groups excluding carboxylic acids is 1. The Labute approximate surface area is 131 Å². The third-order valence-corrected chi connectivity index (χ3v) is 3.73. The number of hydrazone groups is 1. The number of benzene rings is 1. The highest BCUT2D eigenvalue weighted by molar-refractivity contribution is 6.01. The average molecular weight is 298 g/mol. The number of hydrogen-bond acceptors (Lipinski definition) is 3. The Balaban J connectivity index is 1.87. The molecule has 22 heavy (non-hydrogen) atoms. The molecule has 0 saturated heterocycles. The zero-order chi connectivity index (χ0) is 15.9. The topological polar surface area (TPSA) is 50.7 Å².